The van der Waals surface area contributed by atoms with Crippen molar-refractivity contribution in [3.8, 4) is 0 Å². The molecule has 0 unspecified atom stereocenters. The monoisotopic (exact) mass is 395 g/mol. The van der Waals surface area contributed by atoms with E-state index in [1.165, 1.54) is 6.33 Å². The molecule has 0 N–H and O–H groups in total. The molecule has 10 nitrogen and oxygen atoms in total. The number of hydrogen-bond acceptors (Lipinski definition) is 10. The number of hydrogen-bond donors (Lipinski definition) is 0. The van der Waals surface area contributed by atoms with Gasteiger partial charge in [-0.25, -0.2) is 23.4 Å². The minimum absolute atomic E-state index is 0.00573. The van der Waals surface area contributed by atoms with Gasteiger partial charge in [-0.15, -0.1) is 10.2 Å². The molecule has 4 heterocycles. The lowest BCUT2D eigenvalue weighted by molar-refractivity contribution is 0.122. The molecule has 26 heavy (non-hydrogen) atoms. The van der Waals surface area contributed by atoms with Crippen LogP contribution in [0, 0.1) is 0 Å². The van der Waals surface area contributed by atoms with Crippen LogP contribution < -0.4 is 4.90 Å². The van der Waals surface area contributed by atoms with E-state index in [9.17, 15) is 8.42 Å². The molecule has 0 aromatic carbocycles. The molecular weight excluding hydrogens is 378 g/mol. The van der Waals surface area contributed by atoms with Crippen LogP contribution in [0.1, 0.15) is 11.9 Å². The average Bonchev–Trinajstić information content (AvgIpc) is 3.31. The van der Waals surface area contributed by atoms with Gasteiger partial charge in [-0.1, -0.05) is 18.3 Å². The highest BCUT2D eigenvalue weighted by Gasteiger charge is 2.21. The molecule has 0 atom stereocenters. The van der Waals surface area contributed by atoms with Crippen molar-refractivity contribution in [2.75, 3.05) is 37.0 Å². The fraction of sp³-hybridized carbons (Fsp3) is 0.500. The summed E-state index contributed by atoms with van der Waals surface area (Å²) in [6.07, 6.45) is 3.18. The maximum Gasteiger partial charge on any atom is 0.232 e. The van der Waals surface area contributed by atoms with Gasteiger partial charge < -0.3 is 14.2 Å². The summed E-state index contributed by atoms with van der Waals surface area (Å²) in [5.74, 6) is 0.787. The smallest absolute Gasteiger partial charge is 0.232 e. The van der Waals surface area contributed by atoms with Crippen LogP contribution in [0.5, 0.6) is 0 Å². The quantitative estimate of drug-likeness (QED) is 0.603. The zero-order valence-electron chi connectivity index (χ0n) is 14.1. The van der Waals surface area contributed by atoms with E-state index >= 15 is 0 Å². The van der Waals surface area contributed by atoms with E-state index in [0.29, 0.717) is 35.9 Å². The van der Waals surface area contributed by atoms with Crippen LogP contribution in [0.15, 0.2) is 17.0 Å². The lowest BCUT2D eigenvalue weighted by atomic mass is 10.4. The zero-order chi connectivity index (χ0) is 18.1. The van der Waals surface area contributed by atoms with Gasteiger partial charge in [0, 0.05) is 13.1 Å². The molecule has 0 amide bonds. The van der Waals surface area contributed by atoms with Crippen LogP contribution in [-0.2, 0) is 21.1 Å². The third-order valence-corrected chi connectivity index (χ3v) is 7.18. The summed E-state index contributed by atoms with van der Waals surface area (Å²) in [6.45, 7) is 4.77. The first-order valence-electron chi connectivity index (χ1n) is 8.12. The van der Waals surface area contributed by atoms with Crippen LogP contribution in [0.25, 0.3) is 11.2 Å². The van der Waals surface area contributed by atoms with Gasteiger partial charge in [0.25, 0.3) is 0 Å². The first-order valence-corrected chi connectivity index (χ1v) is 10.6. The van der Waals surface area contributed by atoms with Crippen LogP contribution in [0.2, 0.25) is 0 Å². The van der Waals surface area contributed by atoms with Crippen molar-refractivity contribution in [1.82, 2.24) is 29.7 Å². The summed E-state index contributed by atoms with van der Waals surface area (Å²) < 4.78 is 31.1. The highest BCUT2D eigenvalue weighted by molar-refractivity contribution is 7.93. The van der Waals surface area contributed by atoms with Gasteiger partial charge in [0.15, 0.2) is 17.0 Å². The number of sulfone groups is 1. The zero-order valence-corrected chi connectivity index (χ0v) is 15.7. The summed E-state index contributed by atoms with van der Waals surface area (Å²) >= 11 is 1.07. The Morgan fingerprint density at radius 3 is 2.77 bits per heavy atom. The van der Waals surface area contributed by atoms with Crippen molar-refractivity contribution in [3.63, 3.8) is 0 Å². The molecule has 1 aliphatic heterocycles. The summed E-state index contributed by atoms with van der Waals surface area (Å²) in [5, 5.41) is 8.38. The van der Waals surface area contributed by atoms with Crippen molar-refractivity contribution < 1.29 is 13.2 Å². The van der Waals surface area contributed by atoms with E-state index in [4.69, 9.17) is 4.74 Å². The average molecular weight is 395 g/mol. The SMILES string of the molecule is CCS(=O)(=O)c1nnc(Cn2cnc3c(N4CCOCC4)ncnc32)s1. The van der Waals surface area contributed by atoms with Crippen LogP contribution in [0.4, 0.5) is 5.82 Å². The molecule has 1 aliphatic rings. The number of ether oxygens (including phenoxy) is 1. The van der Waals surface area contributed by atoms with Gasteiger partial charge >= 0.3 is 0 Å². The van der Waals surface area contributed by atoms with Gasteiger partial charge in [0.05, 0.1) is 31.8 Å². The number of nitrogens with zero attached hydrogens (tertiary/aromatic N) is 7. The van der Waals surface area contributed by atoms with Crippen LogP contribution in [-0.4, -0.2) is 70.2 Å². The van der Waals surface area contributed by atoms with Gasteiger partial charge in [-0.2, -0.15) is 0 Å². The molecule has 1 saturated heterocycles. The molecule has 12 heteroatoms. The molecule has 3 aromatic heterocycles. The number of aromatic nitrogens is 6. The second kappa shape index (κ2) is 6.85. The van der Waals surface area contributed by atoms with E-state index in [-0.39, 0.29) is 10.1 Å². The van der Waals surface area contributed by atoms with Gasteiger partial charge in [-0.05, 0) is 0 Å². The molecule has 0 radical (unpaired) electrons. The Balaban J connectivity index is 1.64. The lowest BCUT2D eigenvalue weighted by Crippen LogP contribution is -2.36. The van der Waals surface area contributed by atoms with Crippen LogP contribution in [0.3, 0.4) is 0 Å². The predicted octanol–water partition coefficient (Wildman–Crippen LogP) is 0.356. The molecule has 0 aliphatic carbocycles. The standard InChI is InChI=1S/C14H17N7O3S2/c1-2-26(22,23)14-19-18-10(25-14)7-21-9-17-11-12(15-8-16-13(11)21)20-3-5-24-6-4-20/h8-9H,2-7H2,1H3. The van der Waals surface area contributed by atoms with Gasteiger partial charge in [0.1, 0.15) is 11.3 Å². The predicted molar refractivity (Wildman–Crippen MR) is 95.1 cm³/mol. The normalized spacial score (nSPS) is 15.7. The summed E-state index contributed by atoms with van der Waals surface area (Å²) in [7, 11) is -3.34. The molecule has 138 valence electrons. The van der Waals surface area contributed by atoms with Crippen LogP contribution >= 0.6 is 11.3 Å². The number of morpholine rings is 1. The number of anilines is 1. The molecule has 0 saturated carbocycles. The Labute approximate surface area is 153 Å². The third kappa shape index (κ3) is 3.15. The number of imidazole rings is 1. The molecule has 3 aromatic rings. The fourth-order valence-electron chi connectivity index (χ4n) is 2.69. The first-order chi connectivity index (χ1) is 12.6. The van der Waals surface area contributed by atoms with Crippen molar-refractivity contribution in [3.05, 3.63) is 17.7 Å². The Bertz CT molecular complexity index is 1020. The summed E-state index contributed by atoms with van der Waals surface area (Å²) in [6, 6.07) is 0. The van der Waals surface area contributed by atoms with Crippen molar-refractivity contribution >= 4 is 38.2 Å². The van der Waals surface area contributed by atoms with E-state index in [2.05, 4.69) is 30.0 Å². The highest BCUT2D eigenvalue weighted by Crippen LogP contribution is 2.24. The number of rotatable bonds is 5. The second-order valence-corrected chi connectivity index (χ2v) is 9.22. The lowest BCUT2D eigenvalue weighted by Gasteiger charge is -2.27. The molecule has 1 fully saturated rings. The van der Waals surface area contributed by atoms with Crippen molar-refractivity contribution in [2.24, 2.45) is 0 Å². The highest BCUT2D eigenvalue weighted by atomic mass is 32.2. The molecule has 0 spiro atoms. The van der Waals surface area contributed by atoms with Crippen molar-refractivity contribution in [1.29, 1.82) is 0 Å². The molecule has 4 rings (SSSR count). The van der Waals surface area contributed by atoms with E-state index in [0.717, 1.165) is 30.2 Å². The maximum absolute atomic E-state index is 11.9. The van der Waals surface area contributed by atoms with Crippen molar-refractivity contribution in [2.45, 2.75) is 17.8 Å². The number of fused-ring (bicyclic) bond motifs is 1. The minimum atomic E-state index is -3.34. The second-order valence-electron chi connectivity index (χ2n) is 5.71. The van der Waals surface area contributed by atoms with E-state index in [1.807, 2.05) is 4.57 Å². The van der Waals surface area contributed by atoms with E-state index < -0.39 is 9.84 Å². The Kier molecular flexibility index (Phi) is 4.54. The first kappa shape index (κ1) is 17.2. The topological polar surface area (TPSA) is 116 Å². The summed E-state index contributed by atoms with van der Waals surface area (Å²) in [5.41, 5.74) is 1.39. The largest absolute Gasteiger partial charge is 0.378 e. The van der Waals surface area contributed by atoms with Gasteiger partial charge in [-0.3, -0.25) is 0 Å². The molecule has 0 bridgehead atoms. The Hall–Kier alpha value is -2.18. The fourth-order valence-corrected chi connectivity index (χ4v) is 4.82. The molecular formula is C14H17N7O3S2. The maximum atomic E-state index is 11.9. The van der Waals surface area contributed by atoms with Gasteiger partial charge in [0.2, 0.25) is 14.2 Å². The van der Waals surface area contributed by atoms with E-state index in [1.54, 1.807) is 13.3 Å². The summed E-state index contributed by atoms with van der Waals surface area (Å²) in [4.78, 5) is 15.3. The Morgan fingerprint density at radius 1 is 1.19 bits per heavy atom. The third-order valence-electron chi connectivity index (χ3n) is 4.09. The Morgan fingerprint density at radius 2 is 2.00 bits per heavy atom. The minimum Gasteiger partial charge on any atom is -0.378 e.